The molecule has 2 N–H and O–H groups in total. The van der Waals surface area contributed by atoms with Gasteiger partial charge in [0.15, 0.2) is 0 Å². The molecule has 23 heavy (non-hydrogen) atoms. The van der Waals surface area contributed by atoms with Crippen LogP contribution in [-0.2, 0) is 10.2 Å². The van der Waals surface area contributed by atoms with Crippen LogP contribution in [0.3, 0.4) is 0 Å². The van der Waals surface area contributed by atoms with Gasteiger partial charge in [-0.15, -0.1) is 0 Å². The maximum atomic E-state index is 13.5. The van der Waals surface area contributed by atoms with E-state index < -0.39 is 23.2 Å². The number of halogens is 2. The van der Waals surface area contributed by atoms with Crippen molar-refractivity contribution in [1.82, 2.24) is 0 Å². The zero-order chi connectivity index (χ0) is 17.0. The summed E-state index contributed by atoms with van der Waals surface area (Å²) in [5.74, 6) is -2.11. The molecule has 2 aromatic carbocycles. The van der Waals surface area contributed by atoms with Gasteiger partial charge in [0.2, 0.25) is 5.91 Å². The van der Waals surface area contributed by atoms with E-state index >= 15 is 0 Å². The second kappa shape index (κ2) is 6.77. The van der Waals surface area contributed by atoms with Crippen LogP contribution in [0.5, 0.6) is 0 Å². The average molecular weight is 318 g/mol. The first-order chi connectivity index (χ1) is 10.8. The van der Waals surface area contributed by atoms with Crippen LogP contribution in [0, 0.1) is 11.6 Å². The zero-order valence-electron chi connectivity index (χ0n) is 13.4. The quantitative estimate of drug-likeness (QED) is 0.882. The fraction of sp³-hybridized carbons (Fsp3) is 0.278. The third-order valence-corrected chi connectivity index (χ3v) is 3.40. The van der Waals surface area contributed by atoms with Crippen LogP contribution in [-0.4, -0.2) is 12.5 Å². The second-order valence-corrected chi connectivity index (χ2v) is 6.29. The van der Waals surface area contributed by atoms with E-state index in [0.717, 1.165) is 23.4 Å². The molecule has 0 unspecified atom stereocenters. The molecular weight excluding hydrogens is 298 g/mol. The molecule has 0 saturated heterocycles. The lowest BCUT2D eigenvalue weighted by atomic mass is 9.86. The van der Waals surface area contributed by atoms with Crippen LogP contribution in [0.2, 0.25) is 0 Å². The number of benzene rings is 2. The summed E-state index contributed by atoms with van der Waals surface area (Å²) in [6.45, 7) is 6.13. The molecule has 0 aliphatic heterocycles. The fourth-order valence-electron chi connectivity index (χ4n) is 2.27. The van der Waals surface area contributed by atoms with Crippen molar-refractivity contribution in [2.75, 3.05) is 17.2 Å². The molecule has 2 aromatic rings. The predicted molar refractivity (Wildman–Crippen MR) is 88.6 cm³/mol. The molecule has 3 nitrogen and oxygen atoms in total. The maximum Gasteiger partial charge on any atom is 0.243 e. The van der Waals surface area contributed by atoms with Crippen molar-refractivity contribution in [1.29, 1.82) is 0 Å². The number of rotatable bonds is 4. The Morgan fingerprint density at radius 3 is 2.22 bits per heavy atom. The minimum atomic E-state index is -0.798. The van der Waals surface area contributed by atoms with Gasteiger partial charge in [0.25, 0.3) is 0 Å². The molecule has 0 aliphatic rings. The van der Waals surface area contributed by atoms with Gasteiger partial charge in [-0.1, -0.05) is 45.0 Å². The number of carbonyl (C=O) groups excluding carboxylic acids is 1. The van der Waals surface area contributed by atoms with Gasteiger partial charge in [-0.05, 0) is 29.2 Å². The minimum Gasteiger partial charge on any atom is -0.376 e. The van der Waals surface area contributed by atoms with E-state index in [1.807, 2.05) is 24.3 Å². The van der Waals surface area contributed by atoms with Gasteiger partial charge in [0.1, 0.15) is 17.3 Å². The van der Waals surface area contributed by atoms with Gasteiger partial charge >= 0.3 is 0 Å². The summed E-state index contributed by atoms with van der Waals surface area (Å²) >= 11 is 0. The molecule has 0 radical (unpaired) electrons. The van der Waals surface area contributed by atoms with Crippen molar-refractivity contribution in [3.63, 3.8) is 0 Å². The highest BCUT2D eigenvalue weighted by atomic mass is 19.1. The van der Waals surface area contributed by atoms with E-state index in [2.05, 4.69) is 31.4 Å². The van der Waals surface area contributed by atoms with Crippen LogP contribution in [0.15, 0.2) is 42.5 Å². The van der Waals surface area contributed by atoms with Crippen LogP contribution in [0.4, 0.5) is 20.2 Å². The number of nitrogens with one attached hydrogen (secondary N) is 2. The standard InChI is InChI=1S/C18H20F2N2O/c1-18(2,3)12-7-4-5-10-15(12)21-11-16(23)22-17-13(19)8-6-9-14(17)20/h4-10,21H,11H2,1-3H3,(H,22,23). The normalized spacial score (nSPS) is 11.2. The molecule has 2 rings (SSSR count). The molecule has 122 valence electrons. The summed E-state index contributed by atoms with van der Waals surface area (Å²) < 4.78 is 27.0. The van der Waals surface area contributed by atoms with Crippen LogP contribution in [0.1, 0.15) is 26.3 Å². The number of anilines is 2. The van der Waals surface area contributed by atoms with Crippen LogP contribution < -0.4 is 10.6 Å². The SMILES string of the molecule is CC(C)(C)c1ccccc1NCC(=O)Nc1c(F)cccc1F. The van der Waals surface area contributed by atoms with Crippen LogP contribution in [0.25, 0.3) is 0 Å². The number of hydrogen-bond acceptors (Lipinski definition) is 2. The van der Waals surface area contributed by atoms with Gasteiger partial charge in [0, 0.05) is 5.69 Å². The average Bonchev–Trinajstić information content (AvgIpc) is 2.48. The van der Waals surface area contributed by atoms with Gasteiger partial charge in [-0.2, -0.15) is 0 Å². The second-order valence-electron chi connectivity index (χ2n) is 6.29. The van der Waals surface area contributed by atoms with Gasteiger partial charge < -0.3 is 10.6 Å². The number of para-hydroxylation sites is 2. The summed E-state index contributed by atoms with van der Waals surface area (Å²) in [6.07, 6.45) is 0. The molecule has 0 heterocycles. The van der Waals surface area contributed by atoms with Crippen molar-refractivity contribution < 1.29 is 13.6 Å². The molecule has 0 bridgehead atoms. The van der Waals surface area contributed by atoms with Gasteiger partial charge in [-0.3, -0.25) is 4.79 Å². The van der Waals surface area contributed by atoms with Gasteiger partial charge in [-0.25, -0.2) is 8.78 Å². The molecule has 1 amide bonds. The summed E-state index contributed by atoms with van der Waals surface area (Å²) in [6, 6.07) is 11.1. The topological polar surface area (TPSA) is 41.1 Å². The number of carbonyl (C=O) groups is 1. The van der Waals surface area contributed by atoms with Crippen molar-refractivity contribution >= 4 is 17.3 Å². The van der Waals surface area contributed by atoms with E-state index in [4.69, 9.17) is 0 Å². The van der Waals surface area contributed by atoms with E-state index in [-0.39, 0.29) is 12.0 Å². The summed E-state index contributed by atoms with van der Waals surface area (Å²) in [5.41, 5.74) is 1.37. The summed E-state index contributed by atoms with van der Waals surface area (Å²) in [5, 5.41) is 5.28. The van der Waals surface area contributed by atoms with Gasteiger partial charge in [0.05, 0.1) is 6.54 Å². The zero-order valence-corrected chi connectivity index (χ0v) is 13.4. The van der Waals surface area contributed by atoms with E-state index in [0.29, 0.717) is 0 Å². The third-order valence-electron chi connectivity index (χ3n) is 3.40. The molecular formula is C18H20F2N2O. The van der Waals surface area contributed by atoms with Crippen molar-refractivity contribution in [2.45, 2.75) is 26.2 Å². The first-order valence-corrected chi connectivity index (χ1v) is 7.36. The molecule has 0 spiro atoms. The lowest BCUT2D eigenvalue weighted by Crippen LogP contribution is -2.24. The van der Waals surface area contributed by atoms with Crippen molar-refractivity contribution in [3.8, 4) is 0 Å². The van der Waals surface area contributed by atoms with Crippen molar-refractivity contribution in [2.24, 2.45) is 0 Å². The third kappa shape index (κ3) is 4.28. The highest BCUT2D eigenvalue weighted by Crippen LogP contribution is 2.29. The lowest BCUT2D eigenvalue weighted by molar-refractivity contribution is -0.114. The Morgan fingerprint density at radius 1 is 1.00 bits per heavy atom. The Balaban J connectivity index is 2.06. The highest BCUT2D eigenvalue weighted by Gasteiger charge is 2.18. The van der Waals surface area contributed by atoms with Crippen LogP contribution >= 0.6 is 0 Å². The summed E-state index contributed by atoms with van der Waals surface area (Å²) in [4.78, 5) is 11.9. The largest absolute Gasteiger partial charge is 0.376 e. The fourth-order valence-corrected chi connectivity index (χ4v) is 2.27. The molecule has 0 fully saturated rings. The van der Waals surface area contributed by atoms with E-state index in [1.165, 1.54) is 6.07 Å². The Hall–Kier alpha value is -2.43. The number of amides is 1. The first-order valence-electron chi connectivity index (χ1n) is 7.36. The Labute approximate surface area is 134 Å². The summed E-state index contributed by atoms with van der Waals surface area (Å²) in [7, 11) is 0. The maximum absolute atomic E-state index is 13.5. The molecule has 0 aromatic heterocycles. The lowest BCUT2D eigenvalue weighted by Gasteiger charge is -2.23. The monoisotopic (exact) mass is 318 g/mol. The van der Waals surface area contributed by atoms with Crippen molar-refractivity contribution in [3.05, 3.63) is 59.7 Å². The molecule has 0 atom stereocenters. The number of hydrogen-bond donors (Lipinski definition) is 2. The Morgan fingerprint density at radius 2 is 1.61 bits per heavy atom. The molecule has 0 saturated carbocycles. The molecule has 5 heteroatoms. The Bertz CT molecular complexity index is 688. The van der Waals surface area contributed by atoms with E-state index in [1.54, 1.807) is 0 Å². The molecule has 0 aliphatic carbocycles. The van der Waals surface area contributed by atoms with E-state index in [9.17, 15) is 13.6 Å². The highest BCUT2D eigenvalue weighted by molar-refractivity contribution is 5.94. The predicted octanol–water partition coefficient (Wildman–Crippen LogP) is 4.31. The Kier molecular flexibility index (Phi) is 4.98. The smallest absolute Gasteiger partial charge is 0.243 e. The minimum absolute atomic E-state index is 0.0825. The first kappa shape index (κ1) is 16.9.